The van der Waals surface area contributed by atoms with Crippen LogP contribution in [0.1, 0.15) is 15.9 Å². The third-order valence-corrected chi connectivity index (χ3v) is 4.14. The summed E-state index contributed by atoms with van der Waals surface area (Å²) in [7, 11) is 0. The Hall–Kier alpha value is -3.85. The Morgan fingerprint density at radius 1 is 0.464 bits per heavy atom. The molecule has 0 saturated carbocycles. The minimum atomic E-state index is -0.139. The monoisotopic (exact) mass is 368 g/mol. The van der Waals surface area contributed by atoms with Gasteiger partial charge in [-0.3, -0.25) is 4.79 Å². The van der Waals surface area contributed by atoms with Gasteiger partial charge in [-0.2, -0.15) is 0 Å². The van der Waals surface area contributed by atoms with Crippen molar-refractivity contribution >= 4 is 5.78 Å². The van der Waals surface area contributed by atoms with Gasteiger partial charge in [0, 0.05) is 11.1 Å². The molecule has 3 nitrogen and oxygen atoms in total. The summed E-state index contributed by atoms with van der Waals surface area (Å²) < 4.78 is 0. The lowest BCUT2D eigenvalue weighted by Gasteiger charge is -2.01. The molecule has 3 heteroatoms. The Morgan fingerprint density at radius 3 is 1.11 bits per heavy atom. The predicted octanol–water partition coefficient (Wildman–Crippen LogP) is 5.68. The smallest absolute Gasteiger partial charge is 0.193 e. The van der Waals surface area contributed by atoms with Gasteiger partial charge in [0.2, 0.25) is 0 Å². The minimum absolute atomic E-state index is 0.127. The predicted molar refractivity (Wildman–Crippen MR) is 112 cm³/mol. The van der Waals surface area contributed by atoms with Crippen molar-refractivity contribution in [2.75, 3.05) is 0 Å². The van der Waals surface area contributed by atoms with Gasteiger partial charge < -0.3 is 10.2 Å². The lowest BCUT2D eigenvalue weighted by atomic mass is 10.0. The van der Waals surface area contributed by atoms with Crippen LogP contribution in [0, 0.1) is 0 Å². The summed E-state index contributed by atoms with van der Waals surface area (Å²) in [6.07, 6.45) is 0. The third kappa shape index (κ3) is 5.08. The van der Waals surface area contributed by atoms with Crippen molar-refractivity contribution in [2.24, 2.45) is 0 Å². The molecule has 138 valence electrons. The number of hydrogen-bond donors (Lipinski definition) is 2. The van der Waals surface area contributed by atoms with Gasteiger partial charge in [-0.1, -0.05) is 60.7 Å². The first-order valence-electron chi connectivity index (χ1n) is 8.87. The average molecular weight is 368 g/mol. The molecule has 0 atom stereocenters. The molecule has 0 spiro atoms. The van der Waals surface area contributed by atoms with Crippen LogP contribution < -0.4 is 0 Å². The first kappa shape index (κ1) is 18.9. The first-order chi connectivity index (χ1) is 13.6. The average Bonchev–Trinajstić information content (AvgIpc) is 2.76. The molecule has 4 rings (SSSR count). The molecule has 0 aromatic heterocycles. The second-order valence-corrected chi connectivity index (χ2v) is 6.15. The van der Waals surface area contributed by atoms with Crippen LogP contribution in [0.3, 0.4) is 0 Å². The van der Waals surface area contributed by atoms with E-state index in [1.807, 2.05) is 12.1 Å². The second-order valence-electron chi connectivity index (χ2n) is 6.15. The Kier molecular flexibility index (Phi) is 6.21. The standard InChI is InChI=1S/C13H10O3.C12H10/c14-11-5-1-9(2-6-11)13(16)10-3-7-12(15)8-4-10;1-3-7-11(8-4-1)12-9-5-2-6-10-12/h1-8,14-15H;1-10H. The van der Waals surface area contributed by atoms with Crippen molar-refractivity contribution < 1.29 is 15.0 Å². The number of aromatic hydroxyl groups is 2. The Morgan fingerprint density at radius 2 is 0.786 bits per heavy atom. The summed E-state index contributed by atoms with van der Waals surface area (Å²) >= 11 is 0. The van der Waals surface area contributed by atoms with Crippen LogP contribution in [0.2, 0.25) is 0 Å². The van der Waals surface area contributed by atoms with Gasteiger partial charge in [0.1, 0.15) is 11.5 Å². The summed E-state index contributed by atoms with van der Waals surface area (Å²) in [5.74, 6) is 0.115. The lowest BCUT2D eigenvalue weighted by Crippen LogP contribution is -2.00. The van der Waals surface area contributed by atoms with E-state index in [-0.39, 0.29) is 17.3 Å². The van der Waals surface area contributed by atoms with E-state index < -0.39 is 0 Å². The van der Waals surface area contributed by atoms with Gasteiger partial charge in [0.25, 0.3) is 0 Å². The van der Waals surface area contributed by atoms with E-state index in [0.29, 0.717) is 11.1 Å². The maximum Gasteiger partial charge on any atom is 0.193 e. The van der Waals surface area contributed by atoms with Crippen LogP contribution in [-0.2, 0) is 0 Å². The molecule has 28 heavy (non-hydrogen) atoms. The van der Waals surface area contributed by atoms with E-state index in [9.17, 15) is 4.79 Å². The maximum absolute atomic E-state index is 11.9. The molecule has 0 aliphatic heterocycles. The number of carbonyl (C=O) groups is 1. The summed E-state index contributed by atoms with van der Waals surface area (Å²) in [6.45, 7) is 0. The zero-order valence-electron chi connectivity index (χ0n) is 15.2. The quantitative estimate of drug-likeness (QED) is 0.457. The van der Waals surface area contributed by atoms with Crippen molar-refractivity contribution in [3.8, 4) is 22.6 Å². The lowest BCUT2D eigenvalue weighted by molar-refractivity contribution is 0.103. The van der Waals surface area contributed by atoms with Crippen LogP contribution in [0.15, 0.2) is 109 Å². The highest BCUT2D eigenvalue weighted by atomic mass is 16.3. The number of carbonyl (C=O) groups excluding carboxylic acids is 1. The van der Waals surface area contributed by atoms with Crippen molar-refractivity contribution in [2.45, 2.75) is 0 Å². The molecular formula is C25H20O3. The molecule has 0 bridgehead atoms. The molecule has 0 radical (unpaired) electrons. The van der Waals surface area contributed by atoms with E-state index in [4.69, 9.17) is 10.2 Å². The summed E-state index contributed by atoms with van der Waals surface area (Å²) in [4.78, 5) is 11.9. The number of hydrogen-bond acceptors (Lipinski definition) is 3. The third-order valence-electron chi connectivity index (χ3n) is 4.14. The second kappa shape index (κ2) is 9.19. The number of rotatable bonds is 3. The fraction of sp³-hybridized carbons (Fsp3) is 0. The van der Waals surface area contributed by atoms with E-state index in [1.165, 1.54) is 35.4 Å². The fourth-order valence-corrected chi connectivity index (χ4v) is 2.65. The molecule has 0 aliphatic rings. The molecule has 0 heterocycles. The molecule has 4 aromatic carbocycles. The van der Waals surface area contributed by atoms with Crippen LogP contribution in [-0.4, -0.2) is 16.0 Å². The summed E-state index contributed by atoms with van der Waals surface area (Å²) in [6, 6.07) is 32.9. The molecular weight excluding hydrogens is 348 g/mol. The number of ketones is 1. The Labute approximate surface area is 164 Å². The van der Waals surface area contributed by atoms with Gasteiger partial charge in [0.05, 0.1) is 0 Å². The molecule has 0 unspecified atom stereocenters. The fourth-order valence-electron chi connectivity index (χ4n) is 2.65. The van der Waals surface area contributed by atoms with Gasteiger partial charge >= 0.3 is 0 Å². The van der Waals surface area contributed by atoms with E-state index >= 15 is 0 Å². The SMILES string of the molecule is O=C(c1ccc(O)cc1)c1ccc(O)cc1.c1ccc(-c2ccccc2)cc1. The molecule has 0 fully saturated rings. The van der Waals surface area contributed by atoms with Crippen LogP contribution in [0.25, 0.3) is 11.1 Å². The van der Waals surface area contributed by atoms with Crippen molar-refractivity contribution in [3.63, 3.8) is 0 Å². The van der Waals surface area contributed by atoms with E-state index in [1.54, 1.807) is 24.3 Å². The molecule has 0 saturated heterocycles. The highest BCUT2D eigenvalue weighted by Gasteiger charge is 2.08. The number of benzene rings is 4. The Bertz CT molecular complexity index is 922. The van der Waals surface area contributed by atoms with Crippen molar-refractivity contribution in [3.05, 3.63) is 120 Å². The summed E-state index contributed by atoms with van der Waals surface area (Å²) in [5.41, 5.74) is 3.56. The molecule has 2 N–H and O–H groups in total. The van der Waals surface area contributed by atoms with Crippen LogP contribution in [0.5, 0.6) is 11.5 Å². The van der Waals surface area contributed by atoms with Crippen molar-refractivity contribution in [1.29, 1.82) is 0 Å². The van der Waals surface area contributed by atoms with Gasteiger partial charge in [-0.05, 0) is 59.7 Å². The highest BCUT2D eigenvalue weighted by Crippen LogP contribution is 2.17. The number of phenolic OH excluding ortho intramolecular Hbond substituents is 2. The van der Waals surface area contributed by atoms with Crippen LogP contribution in [0.4, 0.5) is 0 Å². The van der Waals surface area contributed by atoms with E-state index in [0.717, 1.165) is 0 Å². The van der Waals surface area contributed by atoms with Crippen LogP contribution >= 0.6 is 0 Å². The minimum Gasteiger partial charge on any atom is -0.508 e. The van der Waals surface area contributed by atoms with Gasteiger partial charge in [-0.25, -0.2) is 0 Å². The highest BCUT2D eigenvalue weighted by molar-refractivity contribution is 6.09. The number of phenols is 2. The molecule has 0 amide bonds. The first-order valence-corrected chi connectivity index (χ1v) is 8.87. The zero-order valence-corrected chi connectivity index (χ0v) is 15.2. The van der Waals surface area contributed by atoms with E-state index in [2.05, 4.69) is 48.5 Å². The van der Waals surface area contributed by atoms with Crippen molar-refractivity contribution in [1.82, 2.24) is 0 Å². The largest absolute Gasteiger partial charge is 0.508 e. The Balaban J connectivity index is 0.000000167. The normalized spacial score (nSPS) is 9.86. The summed E-state index contributed by atoms with van der Waals surface area (Å²) in [5, 5.41) is 18.2. The molecule has 0 aliphatic carbocycles. The van der Waals surface area contributed by atoms with Gasteiger partial charge in [0.15, 0.2) is 5.78 Å². The maximum atomic E-state index is 11.9. The topological polar surface area (TPSA) is 57.5 Å². The van der Waals surface area contributed by atoms with Gasteiger partial charge in [-0.15, -0.1) is 0 Å². The molecule has 4 aromatic rings. The zero-order chi connectivity index (χ0) is 19.8.